The standard InChI is InChI=1S/C16H21ClN2O/c1-16(2)9-10-4-5-11(17)8-12(10)14(16)18-13-6-7-19(3)15(13)20/h4-5,8,13-14,18H,6-7,9H2,1-3H3. The van der Waals surface area contributed by atoms with Gasteiger partial charge in [0.2, 0.25) is 5.91 Å². The van der Waals surface area contributed by atoms with E-state index in [1.54, 1.807) is 4.90 Å². The summed E-state index contributed by atoms with van der Waals surface area (Å²) >= 11 is 6.15. The Balaban J connectivity index is 1.89. The predicted octanol–water partition coefficient (Wildman–Crippen LogP) is 2.78. The Labute approximate surface area is 125 Å². The van der Waals surface area contributed by atoms with E-state index in [9.17, 15) is 4.79 Å². The average molecular weight is 293 g/mol. The van der Waals surface area contributed by atoms with Gasteiger partial charge in [-0.2, -0.15) is 0 Å². The van der Waals surface area contributed by atoms with E-state index < -0.39 is 0 Å². The Morgan fingerprint density at radius 3 is 2.80 bits per heavy atom. The molecule has 1 aromatic rings. The summed E-state index contributed by atoms with van der Waals surface area (Å²) in [5.74, 6) is 0.205. The van der Waals surface area contributed by atoms with Crippen LogP contribution in [0.1, 0.15) is 37.4 Å². The number of carbonyl (C=O) groups excluding carboxylic acids is 1. The molecule has 0 radical (unpaired) electrons. The van der Waals surface area contributed by atoms with Crippen molar-refractivity contribution >= 4 is 17.5 Å². The number of nitrogens with one attached hydrogen (secondary N) is 1. The molecule has 1 aromatic carbocycles. The molecule has 0 bridgehead atoms. The Bertz CT molecular complexity index is 555. The highest BCUT2D eigenvalue weighted by atomic mass is 35.5. The van der Waals surface area contributed by atoms with Crippen LogP contribution in [0.5, 0.6) is 0 Å². The van der Waals surface area contributed by atoms with Crippen LogP contribution < -0.4 is 5.32 Å². The lowest BCUT2D eigenvalue weighted by molar-refractivity contribution is -0.128. The molecule has 1 saturated heterocycles. The molecular formula is C16H21ClN2O. The highest BCUT2D eigenvalue weighted by Crippen LogP contribution is 2.46. The maximum Gasteiger partial charge on any atom is 0.239 e. The molecular weight excluding hydrogens is 272 g/mol. The molecule has 1 amide bonds. The number of carbonyl (C=O) groups is 1. The Morgan fingerprint density at radius 1 is 1.40 bits per heavy atom. The van der Waals surface area contributed by atoms with E-state index in [2.05, 4.69) is 25.2 Å². The summed E-state index contributed by atoms with van der Waals surface area (Å²) in [5, 5.41) is 4.35. The van der Waals surface area contributed by atoms with Gasteiger partial charge in [0.15, 0.2) is 0 Å². The molecule has 0 saturated carbocycles. The van der Waals surface area contributed by atoms with Crippen molar-refractivity contribution in [1.29, 1.82) is 0 Å². The van der Waals surface area contributed by atoms with E-state index in [0.29, 0.717) is 0 Å². The molecule has 0 aromatic heterocycles. The molecule has 0 spiro atoms. The largest absolute Gasteiger partial charge is 0.344 e. The third-order valence-electron chi connectivity index (χ3n) is 4.64. The van der Waals surface area contributed by atoms with Crippen LogP contribution in [-0.2, 0) is 11.2 Å². The fraction of sp³-hybridized carbons (Fsp3) is 0.562. The van der Waals surface area contributed by atoms with Crippen LogP contribution in [0.4, 0.5) is 0 Å². The Hall–Kier alpha value is -1.06. The van der Waals surface area contributed by atoms with E-state index in [4.69, 9.17) is 11.6 Å². The summed E-state index contributed by atoms with van der Waals surface area (Å²) in [4.78, 5) is 13.9. The number of likely N-dealkylation sites (tertiary alicyclic amines) is 1. The first-order valence-corrected chi connectivity index (χ1v) is 7.55. The summed E-state index contributed by atoms with van der Waals surface area (Å²) in [6.07, 6.45) is 1.91. The van der Waals surface area contributed by atoms with Crippen LogP contribution in [-0.4, -0.2) is 30.4 Å². The van der Waals surface area contributed by atoms with Crippen molar-refractivity contribution < 1.29 is 4.79 Å². The summed E-state index contributed by atoms with van der Waals surface area (Å²) in [6.45, 7) is 5.34. The fourth-order valence-corrected chi connectivity index (χ4v) is 3.68. The van der Waals surface area contributed by atoms with Crippen LogP contribution >= 0.6 is 11.6 Å². The molecule has 20 heavy (non-hydrogen) atoms. The minimum Gasteiger partial charge on any atom is -0.344 e. The summed E-state index contributed by atoms with van der Waals surface area (Å²) in [5.41, 5.74) is 2.70. The topological polar surface area (TPSA) is 32.3 Å². The lowest BCUT2D eigenvalue weighted by Crippen LogP contribution is -2.42. The second-order valence-corrected chi connectivity index (χ2v) is 7.15. The third-order valence-corrected chi connectivity index (χ3v) is 4.88. The van der Waals surface area contributed by atoms with Crippen molar-refractivity contribution in [3.05, 3.63) is 34.3 Å². The number of hydrogen-bond donors (Lipinski definition) is 1. The number of hydrogen-bond acceptors (Lipinski definition) is 2. The number of fused-ring (bicyclic) bond motifs is 1. The van der Waals surface area contributed by atoms with Crippen LogP contribution in [0.15, 0.2) is 18.2 Å². The predicted molar refractivity (Wildman–Crippen MR) is 80.9 cm³/mol. The van der Waals surface area contributed by atoms with E-state index in [1.807, 2.05) is 19.2 Å². The van der Waals surface area contributed by atoms with Crippen molar-refractivity contribution in [3.8, 4) is 0 Å². The highest BCUT2D eigenvalue weighted by molar-refractivity contribution is 6.30. The van der Waals surface area contributed by atoms with Crippen LogP contribution in [0.2, 0.25) is 5.02 Å². The zero-order chi connectivity index (χ0) is 14.5. The van der Waals surface area contributed by atoms with Gasteiger partial charge in [-0.05, 0) is 41.5 Å². The molecule has 1 N–H and O–H groups in total. The Kier molecular flexibility index (Phi) is 3.30. The van der Waals surface area contributed by atoms with Gasteiger partial charge in [0.1, 0.15) is 0 Å². The zero-order valence-corrected chi connectivity index (χ0v) is 13.0. The summed E-state index contributed by atoms with van der Waals surface area (Å²) in [7, 11) is 1.87. The van der Waals surface area contributed by atoms with Gasteiger partial charge < -0.3 is 4.90 Å². The summed E-state index contributed by atoms with van der Waals surface area (Å²) < 4.78 is 0. The lowest BCUT2D eigenvalue weighted by atomic mass is 9.85. The zero-order valence-electron chi connectivity index (χ0n) is 12.2. The molecule has 2 unspecified atom stereocenters. The van der Waals surface area contributed by atoms with Crippen LogP contribution in [0.25, 0.3) is 0 Å². The SMILES string of the molecule is CN1CCC(NC2c3cc(Cl)ccc3CC2(C)C)C1=O. The van der Waals surface area contributed by atoms with Crippen molar-refractivity contribution in [1.82, 2.24) is 10.2 Å². The van der Waals surface area contributed by atoms with Gasteiger partial charge >= 0.3 is 0 Å². The van der Waals surface area contributed by atoms with Gasteiger partial charge in [-0.3, -0.25) is 10.1 Å². The molecule has 1 heterocycles. The number of halogens is 1. The quantitative estimate of drug-likeness (QED) is 0.909. The highest BCUT2D eigenvalue weighted by Gasteiger charge is 2.42. The van der Waals surface area contributed by atoms with Crippen LogP contribution in [0, 0.1) is 5.41 Å². The van der Waals surface area contributed by atoms with Gasteiger partial charge in [-0.15, -0.1) is 0 Å². The van der Waals surface area contributed by atoms with E-state index >= 15 is 0 Å². The van der Waals surface area contributed by atoms with Crippen LogP contribution in [0.3, 0.4) is 0 Å². The molecule has 2 atom stereocenters. The van der Waals surface area contributed by atoms with Crippen molar-refractivity contribution in [2.45, 2.75) is 38.8 Å². The number of nitrogens with zero attached hydrogens (tertiary/aromatic N) is 1. The van der Waals surface area contributed by atoms with Gasteiger partial charge in [0, 0.05) is 24.7 Å². The van der Waals surface area contributed by atoms with E-state index in [0.717, 1.165) is 24.4 Å². The first-order valence-electron chi connectivity index (χ1n) is 7.18. The fourth-order valence-electron chi connectivity index (χ4n) is 3.50. The van der Waals surface area contributed by atoms with E-state index in [1.165, 1.54) is 11.1 Å². The van der Waals surface area contributed by atoms with Crippen molar-refractivity contribution in [3.63, 3.8) is 0 Å². The van der Waals surface area contributed by atoms with Gasteiger partial charge in [-0.1, -0.05) is 31.5 Å². The number of benzene rings is 1. The second-order valence-electron chi connectivity index (χ2n) is 6.71. The molecule has 3 nitrogen and oxygen atoms in total. The summed E-state index contributed by atoms with van der Waals surface area (Å²) in [6, 6.07) is 6.24. The molecule has 2 aliphatic rings. The molecule has 1 aliphatic carbocycles. The average Bonchev–Trinajstić information content (AvgIpc) is 2.81. The first kappa shape index (κ1) is 13.9. The van der Waals surface area contributed by atoms with Gasteiger partial charge in [-0.25, -0.2) is 0 Å². The molecule has 1 aliphatic heterocycles. The third kappa shape index (κ3) is 2.23. The molecule has 4 heteroatoms. The first-order chi connectivity index (χ1) is 9.38. The normalized spacial score (nSPS) is 28.0. The molecule has 108 valence electrons. The molecule has 1 fully saturated rings. The monoisotopic (exact) mass is 292 g/mol. The number of amides is 1. The smallest absolute Gasteiger partial charge is 0.239 e. The van der Waals surface area contributed by atoms with Gasteiger partial charge in [0.25, 0.3) is 0 Å². The number of likely N-dealkylation sites (N-methyl/N-ethyl adjacent to an activating group) is 1. The van der Waals surface area contributed by atoms with Gasteiger partial charge in [0.05, 0.1) is 6.04 Å². The van der Waals surface area contributed by atoms with E-state index in [-0.39, 0.29) is 23.4 Å². The second kappa shape index (κ2) is 4.74. The maximum absolute atomic E-state index is 12.1. The minimum absolute atomic E-state index is 0.0609. The van der Waals surface area contributed by atoms with Crippen molar-refractivity contribution in [2.24, 2.45) is 5.41 Å². The van der Waals surface area contributed by atoms with Crippen molar-refractivity contribution in [2.75, 3.05) is 13.6 Å². The minimum atomic E-state index is -0.0609. The lowest BCUT2D eigenvalue weighted by Gasteiger charge is -2.30. The Morgan fingerprint density at radius 2 is 2.15 bits per heavy atom. The maximum atomic E-state index is 12.1. The molecule has 3 rings (SSSR count). The number of rotatable bonds is 2.